The summed E-state index contributed by atoms with van der Waals surface area (Å²) >= 11 is 5.83. The number of benzene rings is 1. The summed E-state index contributed by atoms with van der Waals surface area (Å²) in [7, 11) is 3.11. The highest BCUT2D eigenvalue weighted by Crippen LogP contribution is 2.34. The van der Waals surface area contributed by atoms with Crippen molar-refractivity contribution in [2.75, 3.05) is 12.8 Å². The first-order valence-corrected chi connectivity index (χ1v) is 5.24. The number of hydrogen-bond donors (Lipinski definition) is 1. The van der Waals surface area contributed by atoms with Crippen molar-refractivity contribution in [2.45, 2.75) is 0 Å². The van der Waals surface area contributed by atoms with Crippen LogP contribution in [0.4, 0.5) is 10.2 Å². The number of hydrogen-bond acceptors (Lipinski definition) is 3. The first-order chi connectivity index (χ1) is 8.04. The van der Waals surface area contributed by atoms with Gasteiger partial charge in [-0.2, -0.15) is 5.10 Å². The number of aromatic nitrogens is 2. The first kappa shape index (κ1) is 11.7. The smallest absolute Gasteiger partial charge is 0.155 e. The molecule has 0 aliphatic rings. The van der Waals surface area contributed by atoms with Crippen molar-refractivity contribution in [3.8, 4) is 17.0 Å². The molecule has 4 nitrogen and oxygen atoms in total. The summed E-state index contributed by atoms with van der Waals surface area (Å²) in [4.78, 5) is 0. The Morgan fingerprint density at radius 3 is 2.71 bits per heavy atom. The zero-order valence-electron chi connectivity index (χ0n) is 9.37. The van der Waals surface area contributed by atoms with E-state index in [0.29, 0.717) is 17.1 Å². The Hall–Kier alpha value is -1.75. The summed E-state index contributed by atoms with van der Waals surface area (Å²) in [6, 6.07) is 4.73. The molecule has 0 amide bonds. The molecule has 2 N–H and O–H groups in total. The van der Waals surface area contributed by atoms with Gasteiger partial charge in [-0.25, -0.2) is 4.39 Å². The van der Waals surface area contributed by atoms with Gasteiger partial charge >= 0.3 is 0 Å². The van der Waals surface area contributed by atoms with Crippen LogP contribution in [0.2, 0.25) is 5.02 Å². The molecule has 0 saturated heterocycles. The van der Waals surface area contributed by atoms with Crippen LogP contribution in [0.1, 0.15) is 0 Å². The van der Waals surface area contributed by atoms with Crippen LogP contribution in [0.15, 0.2) is 18.2 Å². The molecule has 1 aromatic heterocycles. The molecular formula is C11H11ClFN3O. The summed E-state index contributed by atoms with van der Waals surface area (Å²) in [5, 5.41) is 4.03. The van der Waals surface area contributed by atoms with Gasteiger partial charge in [-0.05, 0) is 12.1 Å². The molecular weight excluding hydrogens is 245 g/mol. The zero-order chi connectivity index (χ0) is 12.6. The number of halogens is 2. The van der Waals surface area contributed by atoms with Crippen LogP contribution >= 0.6 is 11.6 Å². The number of methoxy groups -OCH3 is 1. The summed E-state index contributed by atoms with van der Waals surface area (Å²) in [5.74, 6) is 0.173. The van der Waals surface area contributed by atoms with E-state index < -0.39 is 5.82 Å². The molecule has 0 aliphatic carbocycles. The van der Waals surface area contributed by atoms with Crippen molar-refractivity contribution in [3.05, 3.63) is 29.0 Å². The maximum absolute atomic E-state index is 14.0. The molecule has 6 heteroatoms. The van der Waals surface area contributed by atoms with Crippen LogP contribution in [0.25, 0.3) is 11.3 Å². The molecule has 1 aromatic carbocycles. The molecule has 0 unspecified atom stereocenters. The molecule has 1 heterocycles. The van der Waals surface area contributed by atoms with Crippen molar-refractivity contribution < 1.29 is 9.13 Å². The third-order valence-electron chi connectivity index (χ3n) is 2.46. The molecule has 2 rings (SSSR count). The lowest BCUT2D eigenvalue weighted by molar-refractivity contribution is 0.412. The Kier molecular flexibility index (Phi) is 2.93. The van der Waals surface area contributed by atoms with Crippen LogP contribution in [0.5, 0.6) is 5.75 Å². The molecule has 90 valence electrons. The number of nitrogens with two attached hydrogens (primary N) is 1. The highest BCUT2D eigenvalue weighted by Gasteiger charge is 2.16. The van der Waals surface area contributed by atoms with Gasteiger partial charge in [0.2, 0.25) is 0 Å². The quantitative estimate of drug-likeness (QED) is 0.897. The Balaban J connectivity index is 2.57. The van der Waals surface area contributed by atoms with Crippen LogP contribution in [-0.4, -0.2) is 16.9 Å². The van der Waals surface area contributed by atoms with Gasteiger partial charge in [-0.3, -0.25) is 4.68 Å². The number of ether oxygens (including phenoxy) is 1. The van der Waals surface area contributed by atoms with Gasteiger partial charge in [0.15, 0.2) is 5.82 Å². The van der Waals surface area contributed by atoms with Crippen molar-refractivity contribution in [2.24, 2.45) is 7.05 Å². The molecule has 0 spiro atoms. The van der Waals surface area contributed by atoms with Gasteiger partial charge in [-0.15, -0.1) is 0 Å². The van der Waals surface area contributed by atoms with Crippen molar-refractivity contribution in [3.63, 3.8) is 0 Å². The Morgan fingerprint density at radius 1 is 1.47 bits per heavy atom. The maximum Gasteiger partial charge on any atom is 0.155 e. The molecule has 17 heavy (non-hydrogen) atoms. The lowest BCUT2D eigenvalue weighted by atomic mass is 10.1. The topological polar surface area (TPSA) is 53.1 Å². The van der Waals surface area contributed by atoms with Crippen LogP contribution < -0.4 is 10.5 Å². The van der Waals surface area contributed by atoms with Crippen molar-refractivity contribution in [1.82, 2.24) is 9.78 Å². The predicted octanol–water partition coefficient (Wildman–Crippen LogP) is 2.47. The summed E-state index contributed by atoms with van der Waals surface area (Å²) in [6.45, 7) is 0. The van der Waals surface area contributed by atoms with E-state index >= 15 is 0 Å². The second-order valence-electron chi connectivity index (χ2n) is 3.52. The normalized spacial score (nSPS) is 10.6. The van der Waals surface area contributed by atoms with Gasteiger partial charge in [0.1, 0.15) is 16.6 Å². The number of rotatable bonds is 2. The van der Waals surface area contributed by atoms with Crippen LogP contribution in [-0.2, 0) is 7.05 Å². The van der Waals surface area contributed by atoms with Crippen molar-refractivity contribution in [1.29, 1.82) is 0 Å². The predicted molar refractivity (Wildman–Crippen MR) is 64.6 cm³/mol. The van der Waals surface area contributed by atoms with Crippen LogP contribution in [0, 0.1) is 5.82 Å². The molecule has 0 saturated carbocycles. The van der Waals surface area contributed by atoms with Gasteiger partial charge in [0, 0.05) is 18.7 Å². The zero-order valence-corrected chi connectivity index (χ0v) is 10.1. The third kappa shape index (κ3) is 1.93. The average molecular weight is 256 g/mol. The summed E-state index contributed by atoms with van der Waals surface area (Å²) in [6.07, 6.45) is 0. The Labute approximate surface area is 103 Å². The Bertz CT molecular complexity index is 549. The minimum atomic E-state index is -0.566. The largest absolute Gasteiger partial charge is 0.495 e. The van der Waals surface area contributed by atoms with Gasteiger partial charge in [-0.1, -0.05) is 11.6 Å². The van der Waals surface area contributed by atoms with E-state index in [-0.39, 0.29) is 10.8 Å². The van der Waals surface area contributed by atoms with Gasteiger partial charge < -0.3 is 10.5 Å². The number of nitrogen functional groups attached to an aromatic ring is 1. The molecule has 0 fully saturated rings. The van der Waals surface area contributed by atoms with Gasteiger partial charge in [0.25, 0.3) is 0 Å². The Morgan fingerprint density at radius 2 is 2.18 bits per heavy atom. The SMILES string of the molecule is COc1ccc(-c2cc(N)n(C)n2)c(F)c1Cl. The summed E-state index contributed by atoms with van der Waals surface area (Å²) in [5.41, 5.74) is 6.37. The third-order valence-corrected chi connectivity index (χ3v) is 2.81. The average Bonchev–Trinajstić information content (AvgIpc) is 2.63. The second-order valence-corrected chi connectivity index (χ2v) is 3.90. The fourth-order valence-corrected chi connectivity index (χ4v) is 1.74. The molecule has 0 aliphatic heterocycles. The number of anilines is 1. The van der Waals surface area contributed by atoms with E-state index in [4.69, 9.17) is 22.1 Å². The monoisotopic (exact) mass is 255 g/mol. The first-order valence-electron chi connectivity index (χ1n) is 4.86. The molecule has 2 aromatic rings. The van der Waals surface area contributed by atoms with Crippen molar-refractivity contribution >= 4 is 17.4 Å². The van der Waals surface area contributed by atoms with E-state index in [1.54, 1.807) is 25.2 Å². The maximum atomic E-state index is 14.0. The molecule has 0 radical (unpaired) electrons. The van der Waals surface area contributed by atoms with E-state index in [1.807, 2.05) is 0 Å². The van der Waals surface area contributed by atoms with E-state index in [1.165, 1.54) is 11.8 Å². The fourth-order valence-electron chi connectivity index (χ4n) is 1.50. The number of nitrogens with zero attached hydrogens (tertiary/aromatic N) is 2. The van der Waals surface area contributed by atoms with Crippen LogP contribution in [0.3, 0.4) is 0 Å². The van der Waals surface area contributed by atoms with E-state index in [0.717, 1.165) is 0 Å². The van der Waals surface area contributed by atoms with Gasteiger partial charge in [0.05, 0.1) is 12.8 Å². The summed E-state index contributed by atoms with van der Waals surface area (Å²) < 4.78 is 20.4. The minimum Gasteiger partial charge on any atom is -0.495 e. The second kappa shape index (κ2) is 4.25. The minimum absolute atomic E-state index is 0.0609. The van der Waals surface area contributed by atoms with E-state index in [9.17, 15) is 4.39 Å². The fraction of sp³-hybridized carbons (Fsp3) is 0.182. The van der Waals surface area contributed by atoms with E-state index in [2.05, 4.69) is 5.10 Å². The molecule has 0 bridgehead atoms. The molecule has 0 atom stereocenters. The lowest BCUT2D eigenvalue weighted by Gasteiger charge is -2.06. The highest BCUT2D eigenvalue weighted by atomic mass is 35.5. The standard InChI is InChI=1S/C11H11ClFN3O/c1-16-9(14)5-7(15-16)6-3-4-8(17-2)10(12)11(6)13/h3-5H,14H2,1-2H3. The lowest BCUT2D eigenvalue weighted by Crippen LogP contribution is -1.97. The highest BCUT2D eigenvalue weighted by molar-refractivity contribution is 6.32. The number of aryl methyl sites for hydroxylation is 1.